The van der Waals surface area contributed by atoms with Crippen molar-refractivity contribution in [2.45, 2.75) is 6.42 Å². The van der Waals surface area contributed by atoms with E-state index in [1.165, 1.54) is 6.08 Å². The van der Waals surface area contributed by atoms with E-state index in [1.54, 1.807) is 24.3 Å². The lowest BCUT2D eigenvalue weighted by molar-refractivity contribution is -0.131. The number of fused-ring (bicyclic) bond motifs is 1. The van der Waals surface area contributed by atoms with Crippen LogP contribution in [-0.2, 0) is 4.79 Å². The minimum absolute atomic E-state index is 0.191. The van der Waals surface area contributed by atoms with Gasteiger partial charge in [-0.1, -0.05) is 18.2 Å². The van der Waals surface area contributed by atoms with Crippen LogP contribution in [0.1, 0.15) is 27.1 Å². The van der Waals surface area contributed by atoms with Crippen LogP contribution in [0.5, 0.6) is 0 Å². The maximum Gasteiger partial charge on any atom is 0.327 e. The highest BCUT2D eigenvalue weighted by molar-refractivity contribution is 6.21. The smallest absolute Gasteiger partial charge is 0.327 e. The number of rotatable bonds is 4. The largest absolute Gasteiger partial charge is 0.478 e. The van der Waals surface area contributed by atoms with Crippen LogP contribution in [0.15, 0.2) is 36.4 Å². The van der Waals surface area contributed by atoms with Gasteiger partial charge in [-0.3, -0.25) is 14.5 Å². The molecule has 0 atom stereocenters. The van der Waals surface area contributed by atoms with Crippen LogP contribution in [0.3, 0.4) is 0 Å². The normalized spacial score (nSPS) is 14.3. The SMILES string of the molecule is O=C(O)/C=C\CCN1C(=O)c2ccccc2C1=O. The molecule has 1 N–H and O–H groups in total. The van der Waals surface area contributed by atoms with E-state index in [1.807, 2.05) is 0 Å². The van der Waals surface area contributed by atoms with Gasteiger partial charge in [-0.15, -0.1) is 0 Å². The maximum absolute atomic E-state index is 11.9. The van der Waals surface area contributed by atoms with E-state index in [0.717, 1.165) is 11.0 Å². The van der Waals surface area contributed by atoms with E-state index in [2.05, 4.69) is 0 Å². The van der Waals surface area contributed by atoms with Crippen molar-refractivity contribution in [3.8, 4) is 0 Å². The zero-order chi connectivity index (χ0) is 13.1. The number of carboxylic acids is 1. The molecule has 0 saturated heterocycles. The van der Waals surface area contributed by atoms with Crippen molar-refractivity contribution < 1.29 is 19.5 Å². The van der Waals surface area contributed by atoms with Gasteiger partial charge in [0, 0.05) is 12.6 Å². The monoisotopic (exact) mass is 245 g/mol. The second-order valence-corrected chi connectivity index (χ2v) is 3.84. The second kappa shape index (κ2) is 4.83. The quantitative estimate of drug-likeness (QED) is 0.641. The highest BCUT2D eigenvalue weighted by atomic mass is 16.4. The van der Waals surface area contributed by atoms with Crippen LogP contribution in [0.2, 0.25) is 0 Å². The van der Waals surface area contributed by atoms with E-state index in [-0.39, 0.29) is 18.4 Å². The zero-order valence-corrected chi connectivity index (χ0v) is 9.50. The molecule has 1 aromatic carbocycles. The number of benzene rings is 1. The lowest BCUT2D eigenvalue weighted by atomic mass is 10.1. The first-order valence-corrected chi connectivity index (χ1v) is 5.46. The summed E-state index contributed by atoms with van der Waals surface area (Å²) in [6, 6.07) is 6.64. The Balaban J connectivity index is 2.07. The predicted octanol–water partition coefficient (Wildman–Crippen LogP) is 1.31. The number of hydrogen-bond donors (Lipinski definition) is 1. The Morgan fingerprint density at radius 3 is 2.22 bits per heavy atom. The molecular formula is C13H11NO4. The molecule has 0 radical (unpaired) electrons. The van der Waals surface area contributed by atoms with E-state index < -0.39 is 5.97 Å². The molecule has 0 aromatic heterocycles. The highest BCUT2D eigenvalue weighted by Crippen LogP contribution is 2.22. The number of carbonyl (C=O) groups is 3. The first kappa shape index (κ1) is 12.0. The molecule has 2 rings (SSSR count). The van der Waals surface area contributed by atoms with Crippen molar-refractivity contribution in [1.82, 2.24) is 4.90 Å². The average molecular weight is 245 g/mol. The van der Waals surface area contributed by atoms with Gasteiger partial charge >= 0.3 is 5.97 Å². The molecule has 5 heteroatoms. The van der Waals surface area contributed by atoms with Gasteiger partial charge < -0.3 is 5.11 Å². The van der Waals surface area contributed by atoms with Gasteiger partial charge in [0.05, 0.1) is 11.1 Å². The van der Waals surface area contributed by atoms with Crippen molar-refractivity contribution in [2.24, 2.45) is 0 Å². The van der Waals surface area contributed by atoms with Gasteiger partial charge in [0.25, 0.3) is 11.8 Å². The number of aliphatic carboxylic acids is 1. The molecule has 1 aromatic rings. The first-order valence-electron chi connectivity index (χ1n) is 5.46. The van der Waals surface area contributed by atoms with Crippen molar-refractivity contribution in [3.05, 3.63) is 47.5 Å². The molecule has 5 nitrogen and oxygen atoms in total. The summed E-state index contributed by atoms with van der Waals surface area (Å²) in [5, 5.41) is 8.42. The van der Waals surface area contributed by atoms with Crippen LogP contribution < -0.4 is 0 Å². The minimum Gasteiger partial charge on any atom is -0.478 e. The second-order valence-electron chi connectivity index (χ2n) is 3.84. The molecular weight excluding hydrogens is 234 g/mol. The molecule has 0 unspecified atom stereocenters. The third-order valence-electron chi connectivity index (χ3n) is 2.66. The number of amides is 2. The third-order valence-corrected chi connectivity index (χ3v) is 2.66. The molecule has 0 bridgehead atoms. The van der Waals surface area contributed by atoms with Crippen LogP contribution in [0.25, 0.3) is 0 Å². The molecule has 0 fully saturated rings. The Hall–Kier alpha value is -2.43. The van der Waals surface area contributed by atoms with E-state index >= 15 is 0 Å². The van der Waals surface area contributed by atoms with Gasteiger partial charge in [0.2, 0.25) is 0 Å². The van der Waals surface area contributed by atoms with Crippen molar-refractivity contribution in [2.75, 3.05) is 6.54 Å². The molecule has 0 saturated carbocycles. The van der Waals surface area contributed by atoms with Gasteiger partial charge in [-0.05, 0) is 18.6 Å². The van der Waals surface area contributed by atoms with Gasteiger partial charge in [-0.25, -0.2) is 4.79 Å². The lowest BCUT2D eigenvalue weighted by Gasteiger charge is -2.11. The fourth-order valence-electron chi connectivity index (χ4n) is 1.83. The van der Waals surface area contributed by atoms with Gasteiger partial charge in [0.15, 0.2) is 0 Å². The zero-order valence-electron chi connectivity index (χ0n) is 9.50. The minimum atomic E-state index is -1.04. The van der Waals surface area contributed by atoms with Crippen molar-refractivity contribution in [1.29, 1.82) is 0 Å². The summed E-state index contributed by atoms with van der Waals surface area (Å²) in [4.78, 5) is 35.2. The van der Waals surface area contributed by atoms with Crippen LogP contribution >= 0.6 is 0 Å². The topological polar surface area (TPSA) is 74.7 Å². The number of carboxylic acid groups (broad SMARTS) is 1. The van der Waals surface area contributed by atoms with Crippen molar-refractivity contribution >= 4 is 17.8 Å². The van der Waals surface area contributed by atoms with Crippen LogP contribution in [0.4, 0.5) is 0 Å². The van der Waals surface area contributed by atoms with E-state index in [4.69, 9.17) is 5.11 Å². The Bertz CT molecular complexity index is 513. The molecule has 2 amide bonds. The van der Waals surface area contributed by atoms with Gasteiger partial charge in [0.1, 0.15) is 0 Å². The summed E-state index contributed by atoms with van der Waals surface area (Å²) in [6.07, 6.45) is 2.75. The maximum atomic E-state index is 11.9. The molecule has 0 aliphatic carbocycles. The summed E-state index contributed by atoms with van der Waals surface area (Å²) >= 11 is 0. The standard InChI is InChI=1S/C13H11NO4/c15-11(16)7-3-4-8-14-12(17)9-5-1-2-6-10(9)13(14)18/h1-3,5-7H,4,8H2,(H,15,16)/b7-3-. The average Bonchev–Trinajstić information content (AvgIpc) is 2.59. The summed E-state index contributed by atoms with van der Waals surface area (Å²) < 4.78 is 0. The van der Waals surface area contributed by atoms with Gasteiger partial charge in [-0.2, -0.15) is 0 Å². The number of carbonyl (C=O) groups excluding carboxylic acids is 2. The molecule has 0 spiro atoms. The number of nitrogens with zero attached hydrogens (tertiary/aromatic N) is 1. The predicted molar refractivity (Wildman–Crippen MR) is 63.2 cm³/mol. The number of imide groups is 1. The Morgan fingerprint density at radius 1 is 1.17 bits per heavy atom. The molecule has 1 aliphatic rings. The molecule has 1 aliphatic heterocycles. The first-order chi connectivity index (χ1) is 8.61. The van der Waals surface area contributed by atoms with Crippen LogP contribution in [-0.4, -0.2) is 34.3 Å². The van der Waals surface area contributed by atoms with Crippen molar-refractivity contribution in [3.63, 3.8) is 0 Å². The fourth-order valence-corrected chi connectivity index (χ4v) is 1.83. The molecule has 18 heavy (non-hydrogen) atoms. The summed E-state index contributed by atoms with van der Waals surface area (Å²) in [5.74, 6) is -1.68. The Kier molecular flexibility index (Phi) is 3.23. The number of hydrogen-bond acceptors (Lipinski definition) is 3. The Morgan fingerprint density at radius 2 is 1.72 bits per heavy atom. The van der Waals surface area contributed by atoms with Crippen LogP contribution in [0, 0.1) is 0 Å². The van der Waals surface area contributed by atoms with E-state index in [0.29, 0.717) is 17.5 Å². The Labute approximate surface area is 103 Å². The lowest BCUT2D eigenvalue weighted by Crippen LogP contribution is -2.30. The highest BCUT2D eigenvalue weighted by Gasteiger charge is 2.34. The summed E-state index contributed by atoms with van der Waals surface area (Å²) in [7, 11) is 0. The molecule has 92 valence electrons. The van der Waals surface area contributed by atoms with E-state index in [9.17, 15) is 14.4 Å². The summed E-state index contributed by atoms with van der Waals surface area (Å²) in [6.45, 7) is 0.191. The molecule has 1 heterocycles. The summed E-state index contributed by atoms with van der Waals surface area (Å²) in [5.41, 5.74) is 0.814. The third kappa shape index (κ3) is 2.15. The fraction of sp³-hybridized carbons (Fsp3) is 0.154.